The lowest BCUT2D eigenvalue weighted by molar-refractivity contribution is 0.461. The van der Waals surface area contributed by atoms with Crippen molar-refractivity contribution in [3.05, 3.63) is 95.5 Å². The summed E-state index contributed by atoms with van der Waals surface area (Å²) >= 11 is 0. The fourth-order valence-electron chi connectivity index (χ4n) is 2.87. The summed E-state index contributed by atoms with van der Waals surface area (Å²) in [4.78, 5) is 0. The molecule has 0 fully saturated rings. The Morgan fingerprint density at radius 3 is 2.57 bits per heavy atom. The largest absolute Gasteiger partial charge is 0.464 e. The summed E-state index contributed by atoms with van der Waals surface area (Å²) in [5, 5.41) is 2.45. The van der Waals surface area contributed by atoms with Crippen molar-refractivity contribution in [1.29, 1.82) is 0 Å². The first-order valence-electron chi connectivity index (χ1n) is 7.59. The number of hydrogen-bond acceptors (Lipinski definition) is 1. The molecule has 1 aliphatic rings. The van der Waals surface area contributed by atoms with Crippen molar-refractivity contribution in [3.8, 4) is 5.75 Å². The van der Waals surface area contributed by atoms with E-state index in [-0.39, 0.29) is 5.82 Å². The SMILES string of the molecule is Fc1ccc(/C=C/C2=COc3ccc4ccccc4c3C2)cc1. The van der Waals surface area contributed by atoms with Gasteiger partial charge in [-0.05, 0) is 40.1 Å². The van der Waals surface area contributed by atoms with Gasteiger partial charge in [-0.3, -0.25) is 0 Å². The second-order valence-corrected chi connectivity index (χ2v) is 5.64. The quantitative estimate of drug-likeness (QED) is 0.606. The van der Waals surface area contributed by atoms with Gasteiger partial charge in [-0.2, -0.15) is 0 Å². The van der Waals surface area contributed by atoms with Crippen LogP contribution in [0.4, 0.5) is 4.39 Å². The van der Waals surface area contributed by atoms with Crippen molar-refractivity contribution in [2.75, 3.05) is 0 Å². The van der Waals surface area contributed by atoms with Crippen LogP contribution < -0.4 is 4.74 Å². The van der Waals surface area contributed by atoms with Crippen LogP contribution in [0.1, 0.15) is 11.1 Å². The topological polar surface area (TPSA) is 9.23 Å². The first-order valence-corrected chi connectivity index (χ1v) is 7.59. The van der Waals surface area contributed by atoms with Crippen molar-refractivity contribution in [2.24, 2.45) is 0 Å². The molecule has 1 aliphatic heterocycles. The maximum atomic E-state index is 12.9. The molecule has 0 saturated heterocycles. The standard InChI is InChI=1S/C21H15FO/c22-18-10-7-15(8-11-18)5-6-16-13-20-19-4-2-1-3-17(19)9-12-21(20)23-14-16/h1-12,14H,13H2/b6-5+. The van der Waals surface area contributed by atoms with E-state index < -0.39 is 0 Å². The molecule has 0 amide bonds. The highest BCUT2D eigenvalue weighted by molar-refractivity contribution is 5.88. The summed E-state index contributed by atoms with van der Waals surface area (Å²) in [7, 11) is 0. The molecule has 3 aromatic carbocycles. The second-order valence-electron chi connectivity index (χ2n) is 5.64. The van der Waals surface area contributed by atoms with Gasteiger partial charge in [0.25, 0.3) is 0 Å². The fourth-order valence-corrected chi connectivity index (χ4v) is 2.87. The summed E-state index contributed by atoms with van der Waals surface area (Å²) in [6.07, 6.45) is 6.62. The highest BCUT2D eigenvalue weighted by Gasteiger charge is 2.14. The van der Waals surface area contributed by atoms with E-state index in [1.54, 1.807) is 18.4 Å². The van der Waals surface area contributed by atoms with Crippen LogP contribution in [0.2, 0.25) is 0 Å². The van der Waals surface area contributed by atoms with E-state index in [0.29, 0.717) is 0 Å². The molecule has 23 heavy (non-hydrogen) atoms. The maximum Gasteiger partial charge on any atom is 0.130 e. The third kappa shape index (κ3) is 2.76. The predicted octanol–water partition coefficient (Wildman–Crippen LogP) is 5.51. The van der Waals surface area contributed by atoms with Gasteiger partial charge in [0.15, 0.2) is 0 Å². The van der Waals surface area contributed by atoms with Crippen molar-refractivity contribution in [3.63, 3.8) is 0 Å². The third-order valence-electron chi connectivity index (χ3n) is 4.08. The maximum absolute atomic E-state index is 12.9. The van der Waals surface area contributed by atoms with Crippen LogP contribution in [0, 0.1) is 5.82 Å². The smallest absolute Gasteiger partial charge is 0.130 e. The molecule has 4 rings (SSSR count). The van der Waals surface area contributed by atoms with Gasteiger partial charge in [0, 0.05) is 12.0 Å². The highest BCUT2D eigenvalue weighted by Crippen LogP contribution is 2.33. The Bertz CT molecular complexity index is 920. The molecule has 0 aliphatic carbocycles. The highest BCUT2D eigenvalue weighted by atomic mass is 19.1. The Morgan fingerprint density at radius 2 is 1.70 bits per heavy atom. The van der Waals surface area contributed by atoms with Gasteiger partial charge in [0.1, 0.15) is 11.6 Å². The number of allylic oxidation sites excluding steroid dienone is 2. The predicted molar refractivity (Wildman–Crippen MR) is 91.8 cm³/mol. The fraction of sp³-hybridized carbons (Fsp3) is 0.0476. The molecule has 0 saturated carbocycles. The average molecular weight is 302 g/mol. The van der Waals surface area contributed by atoms with Gasteiger partial charge in [0.2, 0.25) is 0 Å². The van der Waals surface area contributed by atoms with Crippen molar-refractivity contribution >= 4 is 16.8 Å². The molecule has 0 bridgehead atoms. The van der Waals surface area contributed by atoms with Crippen LogP contribution >= 0.6 is 0 Å². The molecule has 1 heterocycles. The third-order valence-corrected chi connectivity index (χ3v) is 4.08. The number of ether oxygens (including phenoxy) is 1. The van der Waals surface area contributed by atoms with E-state index in [9.17, 15) is 4.39 Å². The van der Waals surface area contributed by atoms with E-state index in [2.05, 4.69) is 24.3 Å². The normalized spacial score (nSPS) is 13.7. The molecule has 112 valence electrons. The van der Waals surface area contributed by atoms with Crippen LogP contribution in [0.5, 0.6) is 5.75 Å². The van der Waals surface area contributed by atoms with Gasteiger partial charge in [-0.1, -0.05) is 54.6 Å². The lowest BCUT2D eigenvalue weighted by Gasteiger charge is -2.17. The summed E-state index contributed by atoms with van der Waals surface area (Å²) in [5.41, 5.74) is 3.28. The molecule has 0 atom stereocenters. The minimum absolute atomic E-state index is 0.220. The van der Waals surface area contributed by atoms with Gasteiger partial charge in [-0.25, -0.2) is 4.39 Å². The first kappa shape index (κ1) is 13.8. The van der Waals surface area contributed by atoms with E-state index in [1.165, 1.54) is 28.5 Å². The molecule has 1 nitrogen and oxygen atoms in total. The van der Waals surface area contributed by atoms with Crippen molar-refractivity contribution in [2.45, 2.75) is 6.42 Å². The minimum Gasteiger partial charge on any atom is -0.464 e. The summed E-state index contributed by atoms with van der Waals surface area (Å²) in [6.45, 7) is 0. The van der Waals surface area contributed by atoms with E-state index in [0.717, 1.165) is 23.3 Å². The van der Waals surface area contributed by atoms with Crippen LogP contribution in [0.3, 0.4) is 0 Å². The Hall–Kier alpha value is -2.87. The van der Waals surface area contributed by atoms with Gasteiger partial charge >= 0.3 is 0 Å². The molecule has 3 aromatic rings. The van der Waals surface area contributed by atoms with E-state index >= 15 is 0 Å². The van der Waals surface area contributed by atoms with Crippen LogP contribution in [0.25, 0.3) is 16.8 Å². The average Bonchev–Trinajstić information content (AvgIpc) is 2.61. The summed E-state index contributed by atoms with van der Waals surface area (Å²) < 4.78 is 18.7. The number of rotatable bonds is 2. The monoisotopic (exact) mass is 302 g/mol. The Morgan fingerprint density at radius 1 is 0.870 bits per heavy atom. The number of benzene rings is 3. The van der Waals surface area contributed by atoms with Gasteiger partial charge in [-0.15, -0.1) is 0 Å². The minimum atomic E-state index is -0.220. The van der Waals surface area contributed by atoms with E-state index in [4.69, 9.17) is 4.74 Å². The zero-order valence-corrected chi connectivity index (χ0v) is 12.5. The lowest BCUT2D eigenvalue weighted by Crippen LogP contribution is -2.02. The number of hydrogen-bond donors (Lipinski definition) is 0. The Labute approximate surface area is 134 Å². The summed E-state index contributed by atoms with van der Waals surface area (Å²) in [5.74, 6) is 0.699. The summed E-state index contributed by atoms with van der Waals surface area (Å²) in [6, 6.07) is 18.9. The molecular weight excluding hydrogens is 287 g/mol. The van der Waals surface area contributed by atoms with Crippen molar-refractivity contribution < 1.29 is 9.13 Å². The van der Waals surface area contributed by atoms with Gasteiger partial charge < -0.3 is 4.74 Å². The second kappa shape index (κ2) is 5.73. The zero-order valence-electron chi connectivity index (χ0n) is 12.5. The van der Waals surface area contributed by atoms with Crippen molar-refractivity contribution in [1.82, 2.24) is 0 Å². The van der Waals surface area contributed by atoms with Crippen LogP contribution in [-0.4, -0.2) is 0 Å². The molecule has 0 spiro atoms. The van der Waals surface area contributed by atoms with Gasteiger partial charge in [0.05, 0.1) is 6.26 Å². The molecule has 0 unspecified atom stereocenters. The Kier molecular flexibility index (Phi) is 3.43. The zero-order chi connectivity index (χ0) is 15.6. The lowest BCUT2D eigenvalue weighted by atomic mass is 9.96. The Balaban J connectivity index is 1.63. The number of fused-ring (bicyclic) bond motifs is 3. The molecule has 2 heteroatoms. The first-order chi connectivity index (χ1) is 11.3. The molecule has 0 radical (unpaired) electrons. The molecular formula is C21H15FO. The van der Waals surface area contributed by atoms with E-state index in [1.807, 2.05) is 24.3 Å². The molecule has 0 N–H and O–H groups in total. The molecule has 0 aromatic heterocycles. The van der Waals surface area contributed by atoms with Crippen LogP contribution in [-0.2, 0) is 6.42 Å². The van der Waals surface area contributed by atoms with Crippen LogP contribution in [0.15, 0.2) is 78.6 Å². The number of halogens is 1.